The SMILES string of the molecule is BrCc1cccc2cnoc12. The van der Waals surface area contributed by atoms with Crippen LogP contribution in [-0.2, 0) is 5.33 Å². The van der Waals surface area contributed by atoms with Crippen molar-refractivity contribution >= 4 is 26.9 Å². The second-order valence-electron chi connectivity index (χ2n) is 2.29. The predicted molar refractivity (Wildman–Crippen MR) is 46.6 cm³/mol. The smallest absolute Gasteiger partial charge is 0.170 e. The van der Waals surface area contributed by atoms with Crippen molar-refractivity contribution < 1.29 is 4.52 Å². The van der Waals surface area contributed by atoms with Gasteiger partial charge in [-0.15, -0.1) is 0 Å². The lowest BCUT2D eigenvalue weighted by atomic mass is 10.2. The molecule has 0 fully saturated rings. The van der Waals surface area contributed by atoms with Crippen molar-refractivity contribution in [2.45, 2.75) is 5.33 Å². The number of benzene rings is 1. The van der Waals surface area contributed by atoms with Gasteiger partial charge in [-0.25, -0.2) is 0 Å². The molecule has 1 aromatic carbocycles. The normalized spacial score (nSPS) is 10.6. The van der Waals surface area contributed by atoms with Gasteiger partial charge in [-0.1, -0.05) is 33.2 Å². The first-order valence-electron chi connectivity index (χ1n) is 3.30. The zero-order valence-electron chi connectivity index (χ0n) is 5.75. The number of hydrogen-bond acceptors (Lipinski definition) is 2. The molecule has 0 spiro atoms. The van der Waals surface area contributed by atoms with E-state index in [1.165, 1.54) is 0 Å². The van der Waals surface area contributed by atoms with Crippen molar-refractivity contribution in [2.24, 2.45) is 0 Å². The quantitative estimate of drug-likeness (QED) is 0.679. The van der Waals surface area contributed by atoms with E-state index in [4.69, 9.17) is 4.52 Å². The molecule has 0 unspecified atom stereocenters. The Labute approximate surface area is 72.3 Å². The number of aromatic nitrogens is 1. The molecule has 0 N–H and O–H groups in total. The van der Waals surface area contributed by atoms with Crippen LogP contribution in [0.4, 0.5) is 0 Å². The molecule has 0 atom stereocenters. The summed E-state index contributed by atoms with van der Waals surface area (Å²) in [5, 5.41) is 5.58. The summed E-state index contributed by atoms with van der Waals surface area (Å²) in [7, 11) is 0. The highest BCUT2D eigenvalue weighted by atomic mass is 79.9. The van der Waals surface area contributed by atoms with Gasteiger partial charge in [0.2, 0.25) is 0 Å². The molecule has 1 heterocycles. The third-order valence-electron chi connectivity index (χ3n) is 1.61. The van der Waals surface area contributed by atoms with Gasteiger partial charge < -0.3 is 4.52 Å². The van der Waals surface area contributed by atoms with Crippen LogP contribution in [0.25, 0.3) is 11.0 Å². The Morgan fingerprint density at radius 1 is 1.45 bits per heavy atom. The fourth-order valence-corrected chi connectivity index (χ4v) is 1.50. The van der Waals surface area contributed by atoms with E-state index in [1.54, 1.807) is 6.20 Å². The molecule has 2 aromatic rings. The fraction of sp³-hybridized carbons (Fsp3) is 0.125. The highest BCUT2D eigenvalue weighted by Crippen LogP contribution is 2.19. The first-order valence-corrected chi connectivity index (χ1v) is 4.42. The number of rotatable bonds is 1. The summed E-state index contributed by atoms with van der Waals surface area (Å²) in [6, 6.07) is 6.00. The molecule has 0 bridgehead atoms. The summed E-state index contributed by atoms with van der Waals surface area (Å²) in [6.07, 6.45) is 1.72. The molecular formula is C8H6BrNO. The Bertz CT molecular complexity index is 369. The Morgan fingerprint density at radius 2 is 2.36 bits per heavy atom. The van der Waals surface area contributed by atoms with Gasteiger partial charge >= 0.3 is 0 Å². The highest BCUT2D eigenvalue weighted by Gasteiger charge is 2.01. The topological polar surface area (TPSA) is 26.0 Å². The maximum Gasteiger partial charge on any atom is 0.170 e. The molecule has 2 rings (SSSR count). The van der Waals surface area contributed by atoms with Gasteiger partial charge in [-0.3, -0.25) is 0 Å². The van der Waals surface area contributed by atoms with Crippen molar-refractivity contribution in [2.75, 3.05) is 0 Å². The van der Waals surface area contributed by atoms with E-state index >= 15 is 0 Å². The summed E-state index contributed by atoms with van der Waals surface area (Å²) in [5.41, 5.74) is 2.02. The second kappa shape index (κ2) is 2.66. The zero-order valence-corrected chi connectivity index (χ0v) is 7.34. The van der Waals surface area contributed by atoms with Gasteiger partial charge in [0.25, 0.3) is 0 Å². The Balaban J connectivity index is 2.79. The Kier molecular flexibility index (Phi) is 1.66. The summed E-state index contributed by atoms with van der Waals surface area (Å²) < 4.78 is 5.06. The van der Waals surface area contributed by atoms with Crippen LogP contribution in [0, 0.1) is 0 Å². The molecule has 11 heavy (non-hydrogen) atoms. The molecule has 0 saturated heterocycles. The molecule has 56 valence electrons. The Hall–Kier alpha value is -0.830. The van der Waals surface area contributed by atoms with Gasteiger partial charge in [0.05, 0.1) is 6.20 Å². The number of nitrogens with zero attached hydrogens (tertiary/aromatic N) is 1. The average molecular weight is 212 g/mol. The standard InChI is InChI=1S/C8H6BrNO/c9-4-6-2-1-3-7-5-10-11-8(6)7/h1-3,5H,4H2. The summed E-state index contributed by atoms with van der Waals surface area (Å²) in [6.45, 7) is 0. The summed E-state index contributed by atoms with van der Waals surface area (Å²) in [5.74, 6) is 0. The van der Waals surface area contributed by atoms with Crippen molar-refractivity contribution in [3.8, 4) is 0 Å². The van der Waals surface area contributed by atoms with Gasteiger partial charge in [0.15, 0.2) is 5.58 Å². The third kappa shape index (κ3) is 1.05. The van der Waals surface area contributed by atoms with E-state index in [9.17, 15) is 0 Å². The molecule has 0 saturated carbocycles. The summed E-state index contributed by atoms with van der Waals surface area (Å²) >= 11 is 3.38. The van der Waals surface area contributed by atoms with Crippen LogP contribution in [0.15, 0.2) is 28.9 Å². The van der Waals surface area contributed by atoms with Crippen LogP contribution in [0.3, 0.4) is 0 Å². The minimum Gasteiger partial charge on any atom is -0.356 e. The number of halogens is 1. The summed E-state index contributed by atoms with van der Waals surface area (Å²) in [4.78, 5) is 0. The molecular weight excluding hydrogens is 206 g/mol. The van der Waals surface area contributed by atoms with E-state index in [1.807, 2.05) is 18.2 Å². The number of para-hydroxylation sites is 1. The highest BCUT2D eigenvalue weighted by molar-refractivity contribution is 9.08. The maximum atomic E-state index is 5.06. The average Bonchev–Trinajstić information content (AvgIpc) is 2.50. The molecule has 2 nitrogen and oxygen atoms in total. The van der Waals surface area contributed by atoms with Gasteiger partial charge in [-0.2, -0.15) is 0 Å². The maximum absolute atomic E-state index is 5.06. The first kappa shape index (κ1) is 6.85. The molecule has 0 radical (unpaired) electrons. The minimum atomic E-state index is 0.805. The van der Waals surface area contributed by atoms with Crippen LogP contribution in [0.2, 0.25) is 0 Å². The van der Waals surface area contributed by atoms with E-state index in [2.05, 4.69) is 21.1 Å². The molecule has 0 aliphatic heterocycles. The van der Waals surface area contributed by atoms with Crippen LogP contribution in [-0.4, -0.2) is 5.16 Å². The second-order valence-corrected chi connectivity index (χ2v) is 2.86. The minimum absolute atomic E-state index is 0.805. The van der Waals surface area contributed by atoms with Crippen molar-refractivity contribution in [1.29, 1.82) is 0 Å². The lowest BCUT2D eigenvalue weighted by molar-refractivity contribution is 0.455. The van der Waals surface area contributed by atoms with Crippen molar-refractivity contribution in [3.05, 3.63) is 30.0 Å². The lowest BCUT2D eigenvalue weighted by Crippen LogP contribution is -1.75. The number of alkyl halides is 1. The van der Waals surface area contributed by atoms with Crippen LogP contribution < -0.4 is 0 Å². The van der Waals surface area contributed by atoms with E-state index in [-0.39, 0.29) is 0 Å². The van der Waals surface area contributed by atoms with Crippen LogP contribution >= 0.6 is 15.9 Å². The van der Waals surface area contributed by atoms with Crippen LogP contribution in [0.1, 0.15) is 5.56 Å². The molecule has 0 aliphatic rings. The molecule has 3 heteroatoms. The largest absolute Gasteiger partial charge is 0.356 e. The van der Waals surface area contributed by atoms with E-state index in [0.29, 0.717) is 0 Å². The third-order valence-corrected chi connectivity index (χ3v) is 2.21. The molecule has 1 aromatic heterocycles. The van der Waals surface area contributed by atoms with Gasteiger partial charge in [0, 0.05) is 16.3 Å². The monoisotopic (exact) mass is 211 g/mol. The van der Waals surface area contributed by atoms with Crippen molar-refractivity contribution in [1.82, 2.24) is 5.16 Å². The van der Waals surface area contributed by atoms with Crippen LogP contribution in [0.5, 0.6) is 0 Å². The Morgan fingerprint density at radius 3 is 3.18 bits per heavy atom. The van der Waals surface area contributed by atoms with E-state index in [0.717, 1.165) is 21.9 Å². The first-order chi connectivity index (χ1) is 5.42. The van der Waals surface area contributed by atoms with Crippen molar-refractivity contribution in [3.63, 3.8) is 0 Å². The molecule has 0 aliphatic carbocycles. The van der Waals surface area contributed by atoms with Gasteiger partial charge in [0.1, 0.15) is 0 Å². The number of fused-ring (bicyclic) bond motifs is 1. The lowest BCUT2D eigenvalue weighted by Gasteiger charge is -1.92. The van der Waals surface area contributed by atoms with Gasteiger partial charge in [-0.05, 0) is 6.07 Å². The van der Waals surface area contributed by atoms with E-state index < -0.39 is 0 Å². The zero-order chi connectivity index (χ0) is 7.68. The predicted octanol–water partition coefficient (Wildman–Crippen LogP) is 2.72. The fourth-order valence-electron chi connectivity index (χ4n) is 1.06. The number of hydrogen-bond donors (Lipinski definition) is 0. The molecule has 0 amide bonds.